The van der Waals surface area contributed by atoms with Gasteiger partial charge in [0.2, 0.25) is 0 Å². The van der Waals surface area contributed by atoms with E-state index in [2.05, 4.69) is 15.3 Å². The lowest BCUT2D eigenvalue weighted by atomic mass is 9.98. The summed E-state index contributed by atoms with van der Waals surface area (Å²) in [5.74, 6) is -0.896. The Kier molecular flexibility index (Phi) is 3.70. The normalized spacial score (nSPS) is 18.0. The van der Waals surface area contributed by atoms with Crippen molar-refractivity contribution in [2.24, 2.45) is 5.11 Å². The third-order valence-corrected chi connectivity index (χ3v) is 2.07. The summed E-state index contributed by atoms with van der Waals surface area (Å²) in [4.78, 5) is 13.4. The van der Waals surface area contributed by atoms with Gasteiger partial charge in [0.05, 0.1) is 13.2 Å². The molecular weight excluding hydrogens is 188 g/mol. The SMILES string of the molecule is [N-]=[N+]=NCCCNC1(C(=O)O)COC1. The van der Waals surface area contributed by atoms with Gasteiger partial charge in [-0.05, 0) is 18.5 Å². The fourth-order valence-electron chi connectivity index (χ4n) is 1.13. The van der Waals surface area contributed by atoms with E-state index in [1.807, 2.05) is 0 Å². The zero-order valence-corrected chi connectivity index (χ0v) is 7.64. The van der Waals surface area contributed by atoms with E-state index in [9.17, 15) is 4.79 Å². The van der Waals surface area contributed by atoms with Gasteiger partial charge < -0.3 is 9.84 Å². The van der Waals surface area contributed by atoms with Crippen molar-refractivity contribution in [3.63, 3.8) is 0 Å². The van der Waals surface area contributed by atoms with Crippen LogP contribution in [0.1, 0.15) is 6.42 Å². The molecule has 0 amide bonds. The highest BCUT2D eigenvalue weighted by atomic mass is 16.5. The standard InChI is InChI=1S/C7H12N4O3/c8-11-10-3-1-2-9-7(6(12)13)4-14-5-7/h9H,1-5H2,(H,12,13). The molecule has 0 radical (unpaired) electrons. The van der Waals surface area contributed by atoms with E-state index in [0.29, 0.717) is 19.5 Å². The number of ether oxygens (including phenoxy) is 1. The maximum atomic E-state index is 10.8. The summed E-state index contributed by atoms with van der Waals surface area (Å²) < 4.78 is 4.85. The second kappa shape index (κ2) is 4.80. The molecule has 0 aromatic heterocycles. The first-order valence-electron chi connectivity index (χ1n) is 4.28. The van der Waals surface area contributed by atoms with E-state index >= 15 is 0 Å². The van der Waals surface area contributed by atoms with E-state index < -0.39 is 11.5 Å². The summed E-state index contributed by atoms with van der Waals surface area (Å²) >= 11 is 0. The number of rotatable bonds is 6. The molecule has 0 atom stereocenters. The molecule has 0 aromatic rings. The minimum atomic E-state index is -0.920. The highest BCUT2D eigenvalue weighted by Crippen LogP contribution is 2.16. The quantitative estimate of drug-likeness (QED) is 0.275. The molecule has 0 spiro atoms. The van der Waals surface area contributed by atoms with Crippen LogP contribution in [0.3, 0.4) is 0 Å². The molecule has 1 rings (SSSR count). The monoisotopic (exact) mass is 200 g/mol. The van der Waals surface area contributed by atoms with E-state index in [1.54, 1.807) is 0 Å². The van der Waals surface area contributed by atoms with Crippen LogP contribution in [-0.4, -0.2) is 42.9 Å². The van der Waals surface area contributed by atoms with Gasteiger partial charge >= 0.3 is 5.97 Å². The predicted molar refractivity (Wildman–Crippen MR) is 47.8 cm³/mol. The van der Waals surface area contributed by atoms with Crippen molar-refractivity contribution < 1.29 is 14.6 Å². The van der Waals surface area contributed by atoms with Crippen molar-refractivity contribution in [2.75, 3.05) is 26.3 Å². The van der Waals surface area contributed by atoms with E-state index in [0.717, 1.165) is 0 Å². The zero-order chi connectivity index (χ0) is 10.4. The Morgan fingerprint density at radius 2 is 2.43 bits per heavy atom. The lowest BCUT2D eigenvalue weighted by Gasteiger charge is -2.38. The summed E-state index contributed by atoms with van der Waals surface area (Å²) in [6.07, 6.45) is 0.624. The van der Waals surface area contributed by atoms with Gasteiger partial charge in [-0.25, -0.2) is 0 Å². The molecule has 0 aliphatic carbocycles. The van der Waals surface area contributed by atoms with Crippen LogP contribution in [0.5, 0.6) is 0 Å². The van der Waals surface area contributed by atoms with Crippen molar-refractivity contribution in [2.45, 2.75) is 12.0 Å². The third kappa shape index (κ3) is 2.35. The average Bonchev–Trinajstić information content (AvgIpc) is 2.07. The van der Waals surface area contributed by atoms with Gasteiger partial charge in [0.25, 0.3) is 0 Å². The van der Waals surface area contributed by atoms with E-state index in [4.69, 9.17) is 15.4 Å². The smallest absolute Gasteiger partial charge is 0.328 e. The van der Waals surface area contributed by atoms with Gasteiger partial charge in [0.1, 0.15) is 0 Å². The first-order chi connectivity index (χ1) is 6.71. The van der Waals surface area contributed by atoms with Crippen LogP contribution in [0.2, 0.25) is 0 Å². The van der Waals surface area contributed by atoms with Crippen LogP contribution in [0.4, 0.5) is 0 Å². The number of hydrogen-bond acceptors (Lipinski definition) is 4. The number of hydrogen-bond donors (Lipinski definition) is 2. The van der Waals surface area contributed by atoms with E-state index in [-0.39, 0.29) is 13.2 Å². The number of carboxylic acid groups (broad SMARTS) is 1. The van der Waals surface area contributed by atoms with Crippen molar-refractivity contribution in [3.05, 3.63) is 10.4 Å². The molecule has 0 bridgehead atoms. The molecule has 0 saturated carbocycles. The molecule has 2 N–H and O–H groups in total. The van der Waals surface area contributed by atoms with Crippen molar-refractivity contribution in [3.8, 4) is 0 Å². The van der Waals surface area contributed by atoms with Crippen LogP contribution >= 0.6 is 0 Å². The van der Waals surface area contributed by atoms with Crippen LogP contribution in [0.15, 0.2) is 5.11 Å². The molecule has 7 heteroatoms. The number of aliphatic carboxylic acids is 1. The Labute approximate surface area is 80.7 Å². The molecule has 1 heterocycles. The van der Waals surface area contributed by atoms with Crippen molar-refractivity contribution >= 4 is 5.97 Å². The molecular formula is C7H12N4O3. The Balaban J connectivity index is 2.22. The Hall–Kier alpha value is -1.30. The average molecular weight is 200 g/mol. The fourth-order valence-corrected chi connectivity index (χ4v) is 1.13. The number of nitrogens with zero attached hydrogens (tertiary/aromatic N) is 3. The Bertz CT molecular complexity index is 258. The molecule has 0 aromatic carbocycles. The van der Waals surface area contributed by atoms with Gasteiger partial charge in [0, 0.05) is 11.5 Å². The highest BCUT2D eigenvalue weighted by Gasteiger charge is 2.45. The van der Waals surface area contributed by atoms with Gasteiger partial charge in [-0.3, -0.25) is 10.1 Å². The number of carboxylic acids is 1. The Morgan fingerprint density at radius 3 is 2.86 bits per heavy atom. The zero-order valence-electron chi connectivity index (χ0n) is 7.64. The second-order valence-electron chi connectivity index (χ2n) is 3.11. The van der Waals surface area contributed by atoms with Gasteiger partial charge in [-0.1, -0.05) is 5.11 Å². The lowest BCUT2D eigenvalue weighted by Crippen LogP contribution is -2.65. The summed E-state index contributed by atoms with van der Waals surface area (Å²) in [5.41, 5.74) is 7.07. The van der Waals surface area contributed by atoms with Gasteiger partial charge in [-0.2, -0.15) is 0 Å². The minimum absolute atomic E-state index is 0.198. The maximum Gasteiger partial charge on any atom is 0.328 e. The molecule has 1 saturated heterocycles. The second-order valence-corrected chi connectivity index (χ2v) is 3.11. The molecule has 1 aliphatic rings. The number of nitrogens with one attached hydrogen (secondary N) is 1. The first-order valence-corrected chi connectivity index (χ1v) is 4.28. The summed E-state index contributed by atoms with van der Waals surface area (Å²) in [6.45, 7) is 1.28. The molecule has 0 unspecified atom stereocenters. The third-order valence-electron chi connectivity index (χ3n) is 2.07. The first kappa shape index (κ1) is 10.8. The Morgan fingerprint density at radius 1 is 1.71 bits per heavy atom. The fraction of sp³-hybridized carbons (Fsp3) is 0.857. The van der Waals surface area contributed by atoms with E-state index in [1.165, 1.54) is 0 Å². The van der Waals surface area contributed by atoms with Crippen molar-refractivity contribution in [1.82, 2.24) is 5.32 Å². The molecule has 1 fully saturated rings. The summed E-state index contributed by atoms with van der Waals surface area (Å²) in [5, 5.41) is 15.1. The minimum Gasteiger partial charge on any atom is -0.480 e. The number of azide groups is 1. The van der Waals surface area contributed by atoms with Crippen LogP contribution in [-0.2, 0) is 9.53 Å². The molecule has 7 nitrogen and oxygen atoms in total. The number of carbonyl (C=O) groups is 1. The summed E-state index contributed by atoms with van der Waals surface area (Å²) in [6, 6.07) is 0. The maximum absolute atomic E-state index is 10.8. The van der Waals surface area contributed by atoms with Crippen LogP contribution in [0.25, 0.3) is 10.4 Å². The molecule has 14 heavy (non-hydrogen) atoms. The van der Waals surface area contributed by atoms with Crippen molar-refractivity contribution in [1.29, 1.82) is 0 Å². The van der Waals surface area contributed by atoms with Gasteiger partial charge in [-0.15, -0.1) is 0 Å². The molecule has 78 valence electrons. The highest BCUT2D eigenvalue weighted by molar-refractivity contribution is 5.80. The predicted octanol–water partition coefficient (Wildman–Crippen LogP) is 0.130. The van der Waals surface area contributed by atoms with Crippen LogP contribution in [0, 0.1) is 0 Å². The van der Waals surface area contributed by atoms with Crippen LogP contribution < -0.4 is 5.32 Å². The molecule has 1 aliphatic heterocycles. The lowest BCUT2D eigenvalue weighted by molar-refractivity contribution is -0.165. The summed E-state index contributed by atoms with van der Waals surface area (Å²) in [7, 11) is 0. The van der Waals surface area contributed by atoms with Gasteiger partial charge in [0.15, 0.2) is 5.54 Å². The topological polar surface area (TPSA) is 107 Å². The largest absolute Gasteiger partial charge is 0.480 e.